The Balaban J connectivity index is 1.68. The van der Waals surface area contributed by atoms with Crippen molar-refractivity contribution in [2.45, 2.75) is 114 Å². The standard InChI is InChI=1S/C42H51IN6O18/c43-25-20-22(7-12-30(25)50)8-13-31(51)44-19-2-1-6-29(41(64)65)48-40(63)28(11-18-36(58)59)47-39(62)27(10-17-35(56)57)46-38(61)26(9-16-34(54)55)45-37(60)23-4-3-5-24(21-23)42(66)67-49-32(52)14-15-33(49)53/h3-5,7,12,20-21,26-29,32,50,52H,1-2,6,8-11,13-19H2,(H,44,51)(H,45,60)(H,46,61)(H,47,62)(H,48,63)(H,54,55)(H,56,57)(H,58,59)(H,64,65)/t26-,27-,28-,29-,32?/m1/s1. The minimum absolute atomic E-state index is 0.0125. The zero-order chi connectivity index (χ0) is 49.8. The molecule has 5 atom stereocenters. The van der Waals surface area contributed by atoms with Crippen molar-refractivity contribution in [2.24, 2.45) is 0 Å². The number of halogens is 1. The van der Waals surface area contributed by atoms with Gasteiger partial charge in [0.2, 0.25) is 23.6 Å². The second-order valence-electron chi connectivity index (χ2n) is 15.2. The highest BCUT2D eigenvalue weighted by atomic mass is 127. The van der Waals surface area contributed by atoms with E-state index in [9.17, 15) is 83.4 Å². The predicted molar refractivity (Wildman–Crippen MR) is 235 cm³/mol. The van der Waals surface area contributed by atoms with Crippen LogP contribution in [0, 0.1) is 3.57 Å². The number of carbonyl (C=O) groups excluding carboxylic acids is 7. The zero-order valence-electron chi connectivity index (χ0n) is 35.7. The van der Waals surface area contributed by atoms with E-state index in [1.165, 1.54) is 24.3 Å². The van der Waals surface area contributed by atoms with Crippen LogP contribution in [0.5, 0.6) is 5.75 Å². The number of benzene rings is 2. The fourth-order valence-corrected chi connectivity index (χ4v) is 6.95. The van der Waals surface area contributed by atoms with E-state index in [-0.39, 0.29) is 61.4 Å². The van der Waals surface area contributed by atoms with Crippen LogP contribution in [0.4, 0.5) is 0 Å². The van der Waals surface area contributed by atoms with Crippen molar-refractivity contribution in [1.82, 2.24) is 31.6 Å². The average molecular weight is 1050 g/mol. The molecule has 2 aromatic rings. The summed E-state index contributed by atoms with van der Waals surface area (Å²) in [6.07, 6.45) is -4.54. The van der Waals surface area contributed by atoms with Gasteiger partial charge < -0.3 is 62.1 Å². The lowest BCUT2D eigenvalue weighted by atomic mass is 10.0. The Morgan fingerprint density at radius 2 is 1.22 bits per heavy atom. The summed E-state index contributed by atoms with van der Waals surface area (Å²) >= 11 is 1.96. The summed E-state index contributed by atoms with van der Waals surface area (Å²) in [4.78, 5) is 143. The number of hydroxylamine groups is 2. The van der Waals surface area contributed by atoms with Crippen molar-refractivity contribution in [2.75, 3.05) is 6.54 Å². The van der Waals surface area contributed by atoms with Crippen LogP contribution < -0.4 is 26.6 Å². The number of carboxylic acid groups (broad SMARTS) is 4. The van der Waals surface area contributed by atoms with Crippen LogP contribution in [-0.4, -0.2) is 138 Å². The van der Waals surface area contributed by atoms with Gasteiger partial charge in [0.25, 0.3) is 11.8 Å². The van der Waals surface area contributed by atoms with Crippen molar-refractivity contribution in [3.05, 3.63) is 62.7 Å². The van der Waals surface area contributed by atoms with Gasteiger partial charge in [-0.05, 0) is 103 Å². The van der Waals surface area contributed by atoms with E-state index in [0.717, 1.165) is 11.6 Å². The first-order valence-electron chi connectivity index (χ1n) is 20.8. The summed E-state index contributed by atoms with van der Waals surface area (Å²) in [6.45, 7) is 0.174. The Hall–Kier alpha value is -6.90. The number of unbranched alkanes of at least 4 members (excludes halogenated alkanes) is 1. The van der Waals surface area contributed by atoms with Gasteiger partial charge in [-0.25, -0.2) is 9.59 Å². The van der Waals surface area contributed by atoms with E-state index in [4.69, 9.17) is 4.84 Å². The van der Waals surface area contributed by atoms with Crippen molar-refractivity contribution in [1.29, 1.82) is 0 Å². The van der Waals surface area contributed by atoms with E-state index in [2.05, 4.69) is 26.6 Å². The van der Waals surface area contributed by atoms with Crippen LogP contribution in [0.2, 0.25) is 0 Å². The molecule has 67 heavy (non-hydrogen) atoms. The largest absolute Gasteiger partial charge is 0.507 e. The molecule has 1 fully saturated rings. The summed E-state index contributed by atoms with van der Waals surface area (Å²) in [7, 11) is 0. The number of nitrogens with zero attached hydrogens (tertiary/aromatic N) is 1. The van der Waals surface area contributed by atoms with E-state index in [0.29, 0.717) is 21.5 Å². The molecule has 1 heterocycles. The number of aliphatic hydroxyl groups excluding tert-OH is 1. The average Bonchev–Trinajstić information content (AvgIpc) is 3.59. The molecule has 0 bridgehead atoms. The molecular formula is C42H51IN6O18. The lowest BCUT2D eigenvalue weighted by Gasteiger charge is -2.26. The molecule has 2 aromatic carbocycles. The molecule has 0 radical (unpaired) electrons. The topological polar surface area (TPSA) is 382 Å². The molecule has 1 unspecified atom stereocenters. The van der Waals surface area contributed by atoms with Crippen molar-refractivity contribution < 1.29 is 88.2 Å². The normalized spacial score (nSPS) is 14.9. The molecular weight excluding hydrogens is 1000 g/mol. The van der Waals surface area contributed by atoms with E-state index in [1.54, 1.807) is 12.1 Å². The van der Waals surface area contributed by atoms with Gasteiger partial charge >= 0.3 is 29.8 Å². The Morgan fingerprint density at radius 3 is 1.73 bits per heavy atom. The lowest BCUT2D eigenvalue weighted by Crippen LogP contribution is -2.58. The molecule has 1 aliphatic heterocycles. The molecule has 0 spiro atoms. The molecule has 6 amide bonds. The minimum Gasteiger partial charge on any atom is -0.507 e. The number of aliphatic hydroxyl groups is 1. The number of nitrogens with one attached hydrogen (secondary N) is 5. The maximum Gasteiger partial charge on any atom is 0.363 e. The summed E-state index contributed by atoms with van der Waals surface area (Å²) in [6, 6.07) is 2.84. The second-order valence-corrected chi connectivity index (χ2v) is 16.3. The summed E-state index contributed by atoms with van der Waals surface area (Å²) in [5.74, 6) is -12.3. The molecule has 3 rings (SSSR count). The lowest BCUT2D eigenvalue weighted by molar-refractivity contribution is -0.191. The number of aliphatic carboxylic acids is 4. The highest BCUT2D eigenvalue weighted by Crippen LogP contribution is 2.21. The maximum atomic E-state index is 13.7. The van der Waals surface area contributed by atoms with Crippen LogP contribution in [0.25, 0.3) is 0 Å². The molecule has 11 N–H and O–H groups in total. The van der Waals surface area contributed by atoms with Gasteiger partial charge in [-0.2, -0.15) is 0 Å². The number of hydrogen-bond acceptors (Lipinski definition) is 14. The van der Waals surface area contributed by atoms with Gasteiger partial charge in [0.15, 0.2) is 6.23 Å². The molecule has 1 saturated heterocycles. The van der Waals surface area contributed by atoms with E-state index >= 15 is 0 Å². The summed E-state index contributed by atoms with van der Waals surface area (Å²) in [5.41, 5.74) is 0.314. The monoisotopic (exact) mass is 1050 g/mol. The number of rotatable bonds is 28. The second kappa shape index (κ2) is 26.9. The SMILES string of the molecule is O=C(O)CC[C@@H](NC(=O)c1cccc(C(=O)ON2C(=O)CCC2O)c1)C(=O)N[C@H](CCC(=O)O)C(=O)N[C@H](CCC(=O)O)C(=O)N[C@H](CCCCNC(=O)CCc1ccc(O)c(I)c1)C(=O)O. The van der Waals surface area contributed by atoms with Crippen molar-refractivity contribution in [3.63, 3.8) is 0 Å². The van der Waals surface area contributed by atoms with Gasteiger partial charge in [0.05, 0.1) is 9.13 Å². The maximum absolute atomic E-state index is 13.7. The first kappa shape index (κ1) is 54.4. The third-order valence-corrected chi connectivity index (χ3v) is 10.9. The predicted octanol–water partition coefficient (Wildman–Crippen LogP) is 0.161. The quantitative estimate of drug-likeness (QED) is 0.0399. The van der Waals surface area contributed by atoms with E-state index < -0.39 is 128 Å². The number of phenols is 1. The van der Waals surface area contributed by atoms with E-state index in [1.807, 2.05) is 22.6 Å². The van der Waals surface area contributed by atoms with Gasteiger partial charge in [-0.1, -0.05) is 12.1 Å². The Morgan fingerprint density at radius 1 is 0.687 bits per heavy atom. The van der Waals surface area contributed by atoms with Crippen LogP contribution in [-0.2, 0) is 54.4 Å². The highest BCUT2D eigenvalue weighted by Gasteiger charge is 2.35. The smallest absolute Gasteiger partial charge is 0.363 e. The number of amides is 6. The third-order valence-electron chi connectivity index (χ3n) is 10.0. The molecule has 0 saturated carbocycles. The minimum atomic E-state index is -1.80. The molecule has 1 aliphatic rings. The van der Waals surface area contributed by atoms with Crippen LogP contribution in [0.3, 0.4) is 0 Å². The van der Waals surface area contributed by atoms with Crippen molar-refractivity contribution in [3.8, 4) is 5.75 Å². The highest BCUT2D eigenvalue weighted by molar-refractivity contribution is 14.1. The summed E-state index contributed by atoms with van der Waals surface area (Å²) in [5, 5.41) is 69.7. The Labute approximate surface area is 395 Å². The fraction of sp³-hybridized carbons (Fsp3) is 0.452. The number of aromatic hydroxyl groups is 1. The Kier molecular flexibility index (Phi) is 21.9. The van der Waals surface area contributed by atoms with Gasteiger partial charge in [-0.15, -0.1) is 5.06 Å². The van der Waals surface area contributed by atoms with Gasteiger partial charge in [0.1, 0.15) is 29.9 Å². The Bertz CT molecular complexity index is 2190. The number of hydrogen-bond donors (Lipinski definition) is 11. The zero-order valence-corrected chi connectivity index (χ0v) is 37.9. The molecule has 24 nitrogen and oxygen atoms in total. The molecule has 0 aliphatic carbocycles. The number of carboxylic acids is 4. The first-order valence-corrected chi connectivity index (χ1v) is 21.9. The number of carbonyl (C=O) groups is 11. The summed E-state index contributed by atoms with van der Waals surface area (Å²) < 4.78 is 0.632. The van der Waals surface area contributed by atoms with Crippen molar-refractivity contribution >= 4 is 87.9 Å². The van der Waals surface area contributed by atoms with Gasteiger partial charge in [0, 0.05) is 50.6 Å². The first-order chi connectivity index (χ1) is 31.6. The van der Waals surface area contributed by atoms with Crippen LogP contribution >= 0.6 is 22.6 Å². The fourth-order valence-electron chi connectivity index (χ4n) is 6.37. The molecule has 0 aromatic heterocycles. The molecule has 25 heteroatoms. The number of aryl methyl sites for hydroxylation is 1. The third kappa shape index (κ3) is 18.9. The van der Waals surface area contributed by atoms with Crippen LogP contribution in [0.15, 0.2) is 42.5 Å². The van der Waals surface area contributed by atoms with Crippen LogP contribution in [0.1, 0.15) is 103 Å². The van der Waals surface area contributed by atoms with Gasteiger partial charge in [-0.3, -0.25) is 43.2 Å². The molecule has 364 valence electrons. The number of phenolic OH excluding ortho intramolecular Hbond substituents is 1.